The Balaban J connectivity index is 1.23. The zero-order valence-electron chi connectivity index (χ0n) is 18.3. The van der Waals surface area contributed by atoms with Gasteiger partial charge in [0, 0.05) is 35.5 Å². The van der Waals surface area contributed by atoms with E-state index in [1.807, 2.05) is 12.1 Å². The molecule has 2 aromatic carbocycles. The van der Waals surface area contributed by atoms with E-state index in [-0.39, 0.29) is 11.6 Å². The number of Topliss-reactive ketones (excluding diaryl/α,β-unsaturated/α-hetero) is 1. The number of methoxy groups -OCH3 is 1. The Morgan fingerprint density at radius 2 is 1.94 bits per heavy atom. The molecule has 168 valence electrons. The summed E-state index contributed by atoms with van der Waals surface area (Å²) < 4.78 is 30.7. The molecule has 0 radical (unpaired) electrons. The van der Waals surface area contributed by atoms with Crippen molar-refractivity contribution in [1.29, 1.82) is 0 Å². The van der Waals surface area contributed by atoms with Gasteiger partial charge in [0.05, 0.1) is 17.5 Å². The van der Waals surface area contributed by atoms with Crippen LogP contribution in [0.2, 0.25) is 0 Å². The van der Waals surface area contributed by atoms with Crippen molar-refractivity contribution >= 4 is 27.4 Å². The number of hydrogen-bond acceptors (Lipinski definition) is 6. The SMILES string of the molecule is COc1cc(C(C)=O)ccc1OCCN1C2CCC1CC(c1nsc3cc(F)ccc13)C2. The molecule has 0 N–H and O–H groups in total. The highest BCUT2D eigenvalue weighted by atomic mass is 32.1. The maximum absolute atomic E-state index is 13.6. The van der Waals surface area contributed by atoms with E-state index >= 15 is 0 Å². The third kappa shape index (κ3) is 3.99. The van der Waals surface area contributed by atoms with Gasteiger partial charge in [-0.15, -0.1) is 0 Å². The van der Waals surface area contributed by atoms with Gasteiger partial charge in [-0.05, 0) is 80.5 Å². The van der Waals surface area contributed by atoms with Gasteiger partial charge in [-0.25, -0.2) is 4.39 Å². The van der Waals surface area contributed by atoms with E-state index in [0.29, 0.717) is 41.7 Å². The molecular formula is C25H27FN2O3S. The molecule has 2 fully saturated rings. The highest BCUT2D eigenvalue weighted by molar-refractivity contribution is 7.13. The van der Waals surface area contributed by atoms with Crippen molar-refractivity contribution in [2.75, 3.05) is 20.3 Å². The standard InChI is InChI=1S/C25H27FN2O3S/c1-15(29)16-3-8-22(23(13-16)30-2)31-10-9-28-19-5-6-20(28)12-17(11-19)25-21-7-4-18(26)14-24(21)32-27-25/h3-4,7-8,13-14,17,19-20H,5-6,9-12H2,1-2H3. The summed E-state index contributed by atoms with van der Waals surface area (Å²) in [7, 11) is 1.59. The first-order valence-electron chi connectivity index (χ1n) is 11.2. The minimum absolute atomic E-state index is 0.00678. The number of hydrogen-bond donors (Lipinski definition) is 0. The van der Waals surface area contributed by atoms with Gasteiger partial charge in [0.1, 0.15) is 12.4 Å². The van der Waals surface area contributed by atoms with Crippen LogP contribution in [0.1, 0.15) is 54.6 Å². The number of piperidine rings is 1. The lowest BCUT2D eigenvalue weighted by atomic mass is 9.87. The number of carbonyl (C=O) groups excluding carboxylic acids is 1. The van der Waals surface area contributed by atoms with Crippen molar-refractivity contribution in [2.24, 2.45) is 0 Å². The van der Waals surface area contributed by atoms with Crippen LogP contribution in [0.3, 0.4) is 0 Å². The van der Waals surface area contributed by atoms with Crippen LogP contribution in [0.4, 0.5) is 4.39 Å². The van der Waals surface area contributed by atoms with E-state index in [2.05, 4.69) is 4.90 Å². The molecule has 0 saturated carbocycles. The van der Waals surface area contributed by atoms with Crippen LogP contribution >= 0.6 is 11.5 Å². The summed E-state index contributed by atoms with van der Waals surface area (Å²) in [5.74, 6) is 1.50. The lowest BCUT2D eigenvalue weighted by molar-refractivity contribution is 0.101. The van der Waals surface area contributed by atoms with Crippen LogP contribution in [-0.2, 0) is 0 Å². The van der Waals surface area contributed by atoms with Gasteiger partial charge in [-0.2, -0.15) is 4.37 Å². The molecule has 0 amide bonds. The Hall–Kier alpha value is -2.51. The van der Waals surface area contributed by atoms with E-state index in [0.717, 1.165) is 35.2 Å². The Kier molecular flexibility index (Phi) is 5.86. The van der Waals surface area contributed by atoms with Crippen molar-refractivity contribution < 1.29 is 18.7 Å². The molecule has 2 saturated heterocycles. The van der Waals surface area contributed by atoms with Gasteiger partial charge in [0.2, 0.25) is 0 Å². The molecule has 2 aliphatic rings. The predicted octanol–water partition coefficient (Wildman–Crippen LogP) is 5.44. The molecular weight excluding hydrogens is 427 g/mol. The average molecular weight is 455 g/mol. The number of halogens is 1. The molecule has 7 heteroatoms. The summed E-state index contributed by atoms with van der Waals surface area (Å²) in [5.41, 5.74) is 1.76. The predicted molar refractivity (Wildman–Crippen MR) is 124 cm³/mol. The fourth-order valence-corrected chi connectivity index (χ4v) is 6.24. The number of nitrogens with zero attached hydrogens (tertiary/aromatic N) is 2. The van der Waals surface area contributed by atoms with Crippen molar-refractivity contribution in [3.63, 3.8) is 0 Å². The summed E-state index contributed by atoms with van der Waals surface area (Å²) in [6.45, 7) is 2.98. The molecule has 5 rings (SSSR count). The molecule has 2 aliphatic heterocycles. The normalized spacial score (nSPS) is 22.9. The van der Waals surface area contributed by atoms with Gasteiger partial charge in [-0.1, -0.05) is 0 Å². The van der Waals surface area contributed by atoms with E-state index in [1.54, 1.807) is 38.3 Å². The maximum atomic E-state index is 13.6. The minimum Gasteiger partial charge on any atom is -0.493 e. The number of aromatic nitrogens is 1. The number of ketones is 1. The largest absolute Gasteiger partial charge is 0.493 e. The third-order valence-corrected chi connectivity index (χ3v) is 7.73. The Morgan fingerprint density at radius 3 is 2.66 bits per heavy atom. The van der Waals surface area contributed by atoms with Crippen LogP contribution < -0.4 is 9.47 Å². The van der Waals surface area contributed by atoms with Crippen molar-refractivity contribution in [3.8, 4) is 11.5 Å². The highest BCUT2D eigenvalue weighted by Crippen LogP contribution is 2.44. The average Bonchev–Trinajstić information content (AvgIpc) is 3.30. The van der Waals surface area contributed by atoms with Gasteiger partial charge < -0.3 is 9.47 Å². The molecule has 32 heavy (non-hydrogen) atoms. The van der Waals surface area contributed by atoms with Crippen LogP contribution in [-0.4, -0.2) is 47.4 Å². The Labute approximate surface area is 191 Å². The fraction of sp³-hybridized carbons (Fsp3) is 0.440. The van der Waals surface area contributed by atoms with Gasteiger partial charge >= 0.3 is 0 Å². The summed E-state index contributed by atoms with van der Waals surface area (Å²) in [5, 5.41) is 1.11. The van der Waals surface area contributed by atoms with Crippen LogP contribution in [0.25, 0.3) is 10.1 Å². The molecule has 5 nitrogen and oxygen atoms in total. The first-order valence-corrected chi connectivity index (χ1v) is 11.9. The zero-order valence-corrected chi connectivity index (χ0v) is 19.2. The topological polar surface area (TPSA) is 51.7 Å². The van der Waals surface area contributed by atoms with E-state index in [1.165, 1.54) is 24.4 Å². The highest BCUT2D eigenvalue weighted by Gasteiger charge is 2.41. The number of rotatable bonds is 7. The lowest BCUT2D eigenvalue weighted by Crippen LogP contribution is -2.44. The Morgan fingerprint density at radius 1 is 1.16 bits per heavy atom. The van der Waals surface area contributed by atoms with Crippen molar-refractivity contribution in [1.82, 2.24) is 9.27 Å². The summed E-state index contributed by atoms with van der Waals surface area (Å²) in [6.07, 6.45) is 4.58. The second-order valence-corrected chi connectivity index (χ2v) is 9.57. The van der Waals surface area contributed by atoms with Crippen LogP contribution in [0.15, 0.2) is 36.4 Å². The van der Waals surface area contributed by atoms with E-state index in [9.17, 15) is 9.18 Å². The quantitative estimate of drug-likeness (QED) is 0.445. The number of benzene rings is 2. The van der Waals surface area contributed by atoms with Gasteiger partial charge in [0.25, 0.3) is 0 Å². The first-order chi connectivity index (χ1) is 15.5. The molecule has 2 atom stereocenters. The number of ether oxygens (including phenoxy) is 2. The summed E-state index contributed by atoms with van der Waals surface area (Å²) >= 11 is 1.41. The van der Waals surface area contributed by atoms with Crippen molar-refractivity contribution in [3.05, 3.63) is 53.5 Å². The second kappa shape index (κ2) is 8.79. The maximum Gasteiger partial charge on any atom is 0.161 e. The van der Waals surface area contributed by atoms with Crippen molar-refractivity contribution in [2.45, 2.75) is 50.6 Å². The second-order valence-electron chi connectivity index (χ2n) is 8.77. The summed E-state index contributed by atoms with van der Waals surface area (Å²) in [6, 6.07) is 11.4. The molecule has 0 spiro atoms. The van der Waals surface area contributed by atoms with Gasteiger partial charge in [0.15, 0.2) is 17.3 Å². The third-order valence-electron chi connectivity index (χ3n) is 6.91. The molecule has 3 heterocycles. The smallest absolute Gasteiger partial charge is 0.161 e. The fourth-order valence-electron chi connectivity index (χ4n) is 5.35. The van der Waals surface area contributed by atoms with E-state index in [4.69, 9.17) is 13.8 Å². The van der Waals surface area contributed by atoms with Crippen LogP contribution in [0, 0.1) is 5.82 Å². The first kappa shape index (κ1) is 21.3. The molecule has 2 bridgehead atoms. The lowest BCUT2D eigenvalue weighted by Gasteiger charge is -2.38. The van der Waals surface area contributed by atoms with E-state index < -0.39 is 0 Å². The minimum atomic E-state index is -0.199. The number of carbonyl (C=O) groups is 1. The Bertz CT molecular complexity index is 1130. The monoisotopic (exact) mass is 454 g/mol. The zero-order chi connectivity index (χ0) is 22.2. The molecule has 2 unspecified atom stereocenters. The molecule has 1 aromatic heterocycles. The summed E-state index contributed by atoms with van der Waals surface area (Å²) in [4.78, 5) is 14.2. The van der Waals surface area contributed by atoms with Crippen LogP contribution in [0.5, 0.6) is 11.5 Å². The molecule has 3 aromatic rings. The number of fused-ring (bicyclic) bond motifs is 3. The molecule has 0 aliphatic carbocycles. The van der Waals surface area contributed by atoms with Gasteiger partial charge in [-0.3, -0.25) is 9.69 Å².